The predicted octanol–water partition coefficient (Wildman–Crippen LogP) is 9.72. The third kappa shape index (κ3) is 28.6. The van der Waals surface area contributed by atoms with E-state index in [0.717, 1.165) is 64.2 Å². The van der Waals surface area contributed by atoms with Crippen molar-refractivity contribution in [3.63, 3.8) is 0 Å². The Bertz CT molecular complexity index is 970. The third-order valence-electron chi connectivity index (χ3n) is 10.6. The number of aliphatic hydroxyl groups is 4. The molecular formula is C46H84O10. The van der Waals surface area contributed by atoms with E-state index in [4.69, 9.17) is 18.9 Å². The molecule has 0 bridgehead atoms. The lowest BCUT2D eigenvalue weighted by molar-refractivity contribution is -0.305. The summed E-state index contributed by atoms with van der Waals surface area (Å²) in [7, 11) is 0. The molecule has 6 atom stereocenters. The molecule has 0 amide bonds. The molecule has 1 aliphatic rings. The quantitative estimate of drug-likeness (QED) is 0.0270. The lowest BCUT2D eigenvalue weighted by Gasteiger charge is -2.39. The van der Waals surface area contributed by atoms with E-state index >= 15 is 0 Å². The molecule has 1 rings (SSSR count). The van der Waals surface area contributed by atoms with Crippen molar-refractivity contribution in [3.8, 4) is 0 Å². The van der Waals surface area contributed by atoms with Crippen LogP contribution >= 0.6 is 0 Å². The van der Waals surface area contributed by atoms with Gasteiger partial charge in [-0.15, -0.1) is 0 Å². The molecule has 328 valence electrons. The highest BCUT2D eigenvalue weighted by molar-refractivity contribution is 5.70. The highest BCUT2D eigenvalue weighted by Gasteiger charge is 2.44. The minimum Gasteiger partial charge on any atom is -0.462 e. The van der Waals surface area contributed by atoms with Gasteiger partial charge in [0.05, 0.1) is 13.2 Å². The van der Waals surface area contributed by atoms with Gasteiger partial charge in [-0.2, -0.15) is 0 Å². The molecule has 0 radical (unpaired) electrons. The van der Waals surface area contributed by atoms with Gasteiger partial charge in [-0.1, -0.05) is 173 Å². The Labute approximate surface area is 341 Å². The molecule has 1 heterocycles. The summed E-state index contributed by atoms with van der Waals surface area (Å²) in [5.74, 6) is -0.815. The van der Waals surface area contributed by atoms with E-state index in [1.807, 2.05) is 0 Å². The van der Waals surface area contributed by atoms with E-state index in [9.17, 15) is 30.0 Å². The number of esters is 2. The molecule has 1 saturated heterocycles. The summed E-state index contributed by atoms with van der Waals surface area (Å²) in [5, 5.41) is 40.1. The van der Waals surface area contributed by atoms with Crippen LogP contribution in [0.4, 0.5) is 0 Å². The number of allylic oxidation sites excluding steroid dienone is 4. The Morgan fingerprint density at radius 3 is 1.54 bits per heavy atom. The molecule has 0 aromatic carbocycles. The predicted molar refractivity (Wildman–Crippen MR) is 224 cm³/mol. The molecule has 0 saturated carbocycles. The Kier molecular flexibility index (Phi) is 34.9. The number of hydrogen-bond acceptors (Lipinski definition) is 10. The Morgan fingerprint density at radius 2 is 1.02 bits per heavy atom. The Morgan fingerprint density at radius 1 is 0.554 bits per heavy atom. The van der Waals surface area contributed by atoms with Crippen LogP contribution in [0.1, 0.15) is 200 Å². The van der Waals surface area contributed by atoms with E-state index in [1.54, 1.807) is 0 Å². The van der Waals surface area contributed by atoms with Gasteiger partial charge in [-0.3, -0.25) is 9.59 Å². The minimum absolute atomic E-state index is 0.221. The molecule has 10 heteroatoms. The van der Waals surface area contributed by atoms with Crippen LogP contribution in [0.2, 0.25) is 0 Å². The smallest absolute Gasteiger partial charge is 0.306 e. The first kappa shape index (κ1) is 52.2. The van der Waals surface area contributed by atoms with Crippen LogP contribution in [-0.4, -0.2) is 89.0 Å². The standard InChI is InChI=1S/C46H84O10/c1-3-5-7-9-11-13-15-17-19-20-21-23-25-27-29-31-33-35-42(49)55-39(38-54-46-45(52)44(51)43(50)40(36-47)56-46)37-53-41(48)34-32-30-28-26-24-22-18-16-14-12-10-8-6-4-2/h10,12,16,18,39-40,43-47,50-52H,3-9,11,13-15,17,19-38H2,1-2H3/b12-10+,18-16+/t39-,40-,43+,44?,45?,46-/m1/s1. The van der Waals surface area contributed by atoms with Gasteiger partial charge >= 0.3 is 11.9 Å². The van der Waals surface area contributed by atoms with Gasteiger partial charge in [-0.25, -0.2) is 0 Å². The molecule has 1 aliphatic heterocycles. The fourth-order valence-electron chi connectivity index (χ4n) is 6.91. The summed E-state index contributed by atoms with van der Waals surface area (Å²) in [6.45, 7) is 3.38. The minimum atomic E-state index is -1.59. The topological polar surface area (TPSA) is 152 Å². The molecule has 4 N–H and O–H groups in total. The highest BCUT2D eigenvalue weighted by atomic mass is 16.7. The summed E-state index contributed by atoms with van der Waals surface area (Å²) < 4.78 is 22.2. The van der Waals surface area contributed by atoms with Crippen LogP contribution < -0.4 is 0 Å². The first-order valence-electron chi connectivity index (χ1n) is 22.9. The number of carbonyl (C=O) groups is 2. The van der Waals surface area contributed by atoms with E-state index in [-0.39, 0.29) is 32.0 Å². The summed E-state index contributed by atoms with van der Waals surface area (Å²) in [5.41, 5.74) is 0. The zero-order chi connectivity index (χ0) is 40.9. The second kappa shape index (κ2) is 37.5. The second-order valence-electron chi connectivity index (χ2n) is 15.9. The zero-order valence-corrected chi connectivity index (χ0v) is 35.6. The average Bonchev–Trinajstić information content (AvgIpc) is 3.19. The lowest BCUT2D eigenvalue weighted by atomic mass is 9.99. The monoisotopic (exact) mass is 797 g/mol. The molecule has 0 aromatic heterocycles. The van der Waals surface area contributed by atoms with Crippen molar-refractivity contribution >= 4 is 11.9 Å². The normalized spacial score (nSPS) is 20.6. The van der Waals surface area contributed by atoms with E-state index in [0.29, 0.717) is 12.8 Å². The molecule has 2 unspecified atom stereocenters. The summed E-state index contributed by atoms with van der Waals surface area (Å²) >= 11 is 0. The summed E-state index contributed by atoms with van der Waals surface area (Å²) in [6.07, 6.45) is 33.2. The maximum Gasteiger partial charge on any atom is 0.306 e. The second-order valence-corrected chi connectivity index (χ2v) is 15.9. The Hall–Kier alpha value is -1.82. The molecule has 10 nitrogen and oxygen atoms in total. The van der Waals surface area contributed by atoms with Crippen molar-refractivity contribution in [2.45, 2.75) is 237 Å². The number of unbranched alkanes of at least 4 members (excludes halogenated alkanes) is 23. The largest absolute Gasteiger partial charge is 0.462 e. The fourth-order valence-corrected chi connectivity index (χ4v) is 6.91. The van der Waals surface area contributed by atoms with Crippen LogP contribution in [0, 0.1) is 0 Å². The van der Waals surface area contributed by atoms with Crippen LogP contribution in [-0.2, 0) is 28.5 Å². The van der Waals surface area contributed by atoms with Gasteiger partial charge in [0.1, 0.15) is 31.0 Å². The number of aliphatic hydroxyl groups excluding tert-OH is 4. The van der Waals surface area contributed by atoms with Gasteiger partial charge in [-0.05, 0) is 38.5 Å². The van der Waals surface area contributed by atoms with Crippen molar-refractivity contribution in [2.75, 3.05) is 19.8 Å². The van der Waals surface area contributed by atoms with Crippen LogP contribution in [0.15, 0.2) is 24.3 Å². The molecular weight excluding hydrogens is 712 g/mol. The third-order valence-corrected chi connectivity index (χ3v) is 10.6. The first-order chi connectivity index (χ1) is 27.3. The molecule has 0 spiro atoms. The van der Waals surface area contributed by atoms with Crippen molar-refractivity contribution in [2.24, 2.45) is 0 Å². The van der Waals surface area contributed by atoms with Crippen molar-refractivity contribution in [1.29, 1.82) is 0 Å². The van der Waals surface area contributed by atoms with Gasteiger partial charge in [0.25, 0.3) is 0 Å². The van der Waals surface area contributed by atoms with E-state index in [2.05, 4.69) is 38.2 Å². The van der Waals surface area contributed by atoms with Gasteiger partial charge in [0.2, 0.25) is 0 Å². The number of carbonyl (C=O) groups excluding carboxylic acids is 2. The van der Waals surface area contributed by atoms with E-state index in [1.165, 1.54) is 96.3 Å². The Balaban J connectivity index is 2.32. The van der Waals surface area contributed by atoms with Crippen LogP contribution in [0.25, 0.3) is 0 Å². The van der Waals surface area contributed by atoms with Crippen LogP contribution in [0.3, 0.4) is 0 Å². The number of rotatable bonds is 38. The maximum absolute atomic E-state index is 12.8. The fraction of sp³-hybridized carbons (Fsp3) is 0.870. The molecule has 0 aromatic rings. The van der Waals surface area contributed by atoms with Crippen molar-refractivity contribution in [1.82, 2.24) is 0 Å². The van der Waals surface area contributed by atoms with Crippen molar-refractivity contribution < 1.29 is 49.0 Å². The molecule has 0 aliphatic carbocycles. The lowest BCUT2D eigenvalue weighted by Crippen LogP contribution is -2.59. The number of hydrogen-bond donors (Lipinski definition) is 4. The average molecular weight is 797 g/mol. The zero-order valence-electron chi connectivity index (χ0n) is 35.6. The van der Waals surface area contributed by atoms with E-state index < -0.39 is 49.4 Å². The van der Waals surface area contributed by atoms with Gasteiger partial charge in [0.15, 0.2) is 12.4 Å². The molecule has 56 heavy (non-hydrogen) atoms. The van der Waals surface area contributed by atoms with Crippen molar-refractivity contribution in [3.05, 3.63) is 24.3 Å². The summed E-state index contributed by atoms with van der Waals surface area (Å²) in [4.78, 5) is 25.3. The van der Waals surface area contributed by atoms with Crippen LogP contribution in [0.5, 0.6) is 0 Å². The maximum atomic E-state index is 12.8. The molecule has 1 fully saturated rings. The highest BCUT2D eigenvalue weighted by Crippen LogP contribution is 2.23. The SMILES string of the molecule is CCCC/C=C/C/C=C/CCCCCCCC(=O)OC[C@H](CO[C@@H]1O[C@H](CO)[C@H](O)C(O)C1O)OC(=O)CCCCCCCCCCCCCCCCCCC. The van der Waals surface area contributed by atoms with Gasteiger partial charge < -0.3 is 39.4 Å². The summed E-state index contributed by atoms with van der Waals surface area (Å²) in [6, 6.07) is 0. The van der Waals surface area contributed by atoms with Gasteiger partial charge in [0, 0.05) is 12.8 Å². The first-order valence-corrected chi connectivity index (χ1v) is 22.9. The number of ether oxygens (including phenoxy) is 4.